The highest BCUT2D eigenvalue weighted by molar-refractivity contribution is 7.92. The smallest absolute Gasteiger partial charge is 0.338 e. The molecule has 0 fully saturated rings. The third-order valence-electron chi connectivity index (χ3n) is 4.01. The van der Waals surface area contributed by atoms with Crippen molar-refractivity contribution in [3.05, 3.63) is 46.8 Å². The van der Waals surface area contributed by atoms with Gasteiger partial charge in [-0.25, -0.2) is 14.3 Å². The highest BCUT2D eigenvalue weighted by atomic mass is 32.2. The number of carboxylic acids is 1. The van der Waals surface area contributed by atoms with E-state index in [9.17, 15) is 18.3 Å². The van der Waals surface area contributed by atoms with E-state index < -0.39 is 21.1 Å². The molecule has 0 radical (unpaired) electrons. The Kier molecular flexibility index (Phi) is 4.15. The molecule has 26 heavy (non-hydrogen) atoms. The summed E-state index contributed by atoms with van der Waals surface area (Å²) in [6, 6.07) is 3.31. The van der Waals surface area contributed by atoms with E-state index in [2.05, 4.69) is 15.1 Å². The molecule has 0 aliphatic carbocycles. The second-order valence-electron chi connectivity index (χ2n) is 5.97. The third-order valence-corrected chi connectivity index (χ3v) is 5.55. The molecular weight excluding hydrogens is 358 g/mol. The number of rotatable bonds is 4. The average Bonchev–Trinajstić information content (AvgIpc) is 2.99. The molecule has 3 rings (SSSR count). The van der Waals surface area contributed by atoms with E-state index in [0.717, 1.165) is 9.87 Å². The number of aromatic nitrogens is 4. The van der Waals surface area contributed by atoms with Crippen LogP contribution in [0.1, 0.15) is 27.0 Å². The van der Waals surface area contributed by atoms with E-state index >= 15 is 0 Å². The molecule has 0 unspecified atom stereocenters. The SMILES string of the molecule is Cc1cnc2nc(S(=O)(=O)N(C)c3c(C)ccc(C)c3C(=O)O)nn2c1. The van der Waals surface area contributed by atoms with Crippen molar-refractivity contribution in [3.63, 3.8) is 0 Å². The number of hydrogen-bond donors (Lipinski definition) is 1. The van der Waals surface area contributed by atoms with Crippen molar-refractivity contribution in [1.29, 1.82) is 0 Å². The Morgan fingerprint density at radius 1 is 1.19 bits per heavy atom. The van der Waals surface area contributed by atoms with Crippen LogP contribution in [0.5, 0.6) is 0 Å². The zero-order valence-corrected chi connectivity index (χ0v) is 15.4. The maximum absolute atomic E-state index is 13.0. The predicted molar refractivity (Wildman–Crippen MR) is 94.0 cm³/mol. The monoisotopic (exact) mass is 375 g/mol. The van der Waals surface area contributed by atoms with Gasteiger partial charge in [0.05, 0.1) is 11.3 Å². The maximum Gasteiger partial charge on any atom is 0.338 e. The second kappa shape index (κ2) is 6.06. The number of nitrogens with zero attached hydrogens (tertiary/aromatic N) is 5. The first kappa shape index (κ1) is 17.8. The van der Waals surface area contributed by atoms with Gasteiger partial charge in [-0.1, -0.05) is 12.1 Å². The maximum atomic E-state index is 13.0. The van der Waals surface area contributed by atoms with Crippen molar-refractivity contribution >= 4 is 27.5 Å². The van der Waals surface area contributed by atoms with Gasteiger partial charge >= 0.3 is 16.0 Å². The van der Waals surface area contributed by atoms with E-state index in [1.54, 1.807) is 45.3 Å². The molecular formula is C16H17N5O4S. The minimum absolute atomic E-state index is 0.0752. The lowest BCUT2D eigenvalue weighted by Gasteiger charge is -2.22. The van der Waals surface area contributed by atoms with Crippen LogP contribution in [0, 0.1) is 20.8 Å². The molecule has 0 saturated carbocycles. The van der Waals surface area contributed by atoms with Crippen LogP contribution in [0.15, 0.2) is 29.7 Å². The highest BCUT2D eigenvalue weighted by Gasteiger charge is 2.31. The van der Waals surface area contributed by atoms with Crippen LogP contribution in [0.2, 0.25) is 0 Å². The fourth-order valence-corrected chi connectivity index (χ4v) is 3.79. The number of hydrogen-bond acceptors (Lipinski definition) is 6. The van der Waals surface area contributed by atoms with Crippen molar-refractivity contribution in [2.45, 2.75) is 25.9 Å². The zero-order valence-electron chi connectivity index (χ0n) is 14.6. The molecule has 2 aromatic heterocycles. The van der Waals surface area contributed by atoms with E-state index in [-0.39, 0.29) is 17.0 Å². The number of carboxylic acid groups (broad SMARTS) is 1. The molecule has 1 aromatic carbocycles. The van der Waals surface area contributed by atoms with Crippen LogP contribution < -0.4 is 4.31 Å². The fraction of sp³-hybridized carbons (Fsp3) is 0.250. The van der Waals surface area contributed by atoms with Crippen LogP contribution >= 0.6 is 0 Å². The summed E-state index contributed by atoms with van der Waals surface area (Å²) in [6.45, 7) is 5.06. The largest absolute Gasteiger partial charge is 0.478 e. The molecule has 136 valence electrons. The van der Waals surface area contributed by atoms with Gasteiger partial charge in [-0.2, -0.15) is 13.4 Å². The van der Waals surface area contributed by atoms with Gasteiger partial charge in [0.2, 0.25) is 0 Å². The average molecular weight is 375 g/mol. The Balaban J connectivity index is 2.18. The molecule has 10 heteroatoms. The Bertz CT molecular complexity index is 1140. The van der Waals surface area contributed by atoms with Gasteiger partial charge in [0.15, 0.2) is 0 Å². The lowest BCUT2D eigenvalue weighted by Crippen LogP contribution is -2.30. The summed E-state index contributed by atoms with van der Waals surface area (Å²) in [7, 11) is -2.89. The van der Waals surface area contributed by atoms with E-state index in [4.69, 9.17) is 0 Å². The Morgan fingerprint density at radius 3 is 2.50 bits per heavy atom. The first-order chi connectivity index (χ1) is 12.1. The molecule has 0 atom stereocenters. The van der Waals surface area contributed by atoms with Crippen LogP contribution in [-0.2, 0) is 10.0 Å². The Labute approximate surface area is 150 Å². The van der Waals surface area contributed by atoms with Crippen molar-refractivity contribution < 1.29 is 18.3 Å². The number of aryl methyl sites for hydroxylation is 3. The van der Waals surface area contributed by atoms with Gasteiger partial charge in [-0.3, -0.25) is 4.31 Å². The summed E-state index contributed by atoms with van der Waals surface area (Å²) < 4.78 is 28.2. The van der Waals surface area contributed by atoms with Crippen molar-refractivity contribution in [2.75, 3.05) is 11.4 Å². The fourth-order valence-electron chi connectivity index (χ4n) is 2.68. The highest BCUT2D eigenvalue weighted by Crippen LogP contribution is 2.30. The number of fused-ring (bicyclic) bond motifs is 1. The van der Waals surface area contributed by atoms with Crippen LogP contribution in [0.3, 0.4) is 0 Å². The van der Waals surface area contributed by atoms with Crippen molar-refractivity contribution in [2.24, 2.45) is 0 Å². The lowest BCUT2D eigenvalue weighted by molar-refractivity contribution is 0.0697. The number of benzene rings is 1. The van der Waals surface area contributed by atoms with Crippen molar-refractivity contribution in [3.8, 4) is 0 Å². The minimum Gasteiger partial charge on any atom is -0.478 e. The molecule has 1 N–H and O–H groups in total. The summed E-state index contributed by atoms with van der Waals surface area (Å²) in [5, 5.41) is 13.1. The molecule has 0 aliphatic rings. The van der Waals surface area contributed by atoms with E-state index in [1.807, 2.05) is 0 Å². The van der Waals surface area contributed by atoms with Gasteiger partial charge in [-0.15, -0.1) is 5.10 Å². The van der Waals surface area contributed by atoms with Crippen molar-refractivity contribution in [1.82, 2.24) is 19.6 Å². The standard InChI is InChI=1S/C16H17N5O4S/c1-9-7-17-15-18-16(19-21(15)8-9)26(24,25)20(4)13-11(3)6-5-10(2)12(13)14(22)23/h5-8H,1-4H3,(H,22,23). The summed E-state index contributed by atoms with van der Waals surface area (Å²) in [5.41, 5.74) is 1.77. The first-order valence-corrected chi connectivity index (χ1v) is 9.08. The van der Waals surface area contributed by atoms with Crippen LogP contribution in [0.25, 0.3) is 5.78 Å². The molecule has 2 heterocycles. The van der Waals surface area contributed by atoms with Crippen LogP contribution in [-0.4, -0.2) is 46.1 Å². The normalized spacial score (nSPS) is 11.7. The second-order valence-corrected chi connectivity index (χ2v) is 7.83. The number of carbonyl (C=O) groups is 1. The van der Waals surface area contributed by atoms with Gasteiger partial charge in [0, 0.05) is 19.4 Å². The molecule has 9 nitrogen and oxygen atoms in total. The quantitative estimate of drug-likeness (QED) is 0.735. The summed E-state index contributed by atoms with van der Waals surface area (Å²) in [6.07, 6.45) is 3.16. The molecule has 0 aliphatic heterocycles. The molecule has 0 spiro atoms. The lowest BCUT2D eigenvalue weighted by atomic mass is 10.0. The molecule has 0 amide bonds. The topological polar surface area (TPSA) is 118 Å². The third kappa shape index (κ3) is 2.77. The van der Waals surface area contributed by atoms with Gasteiger partial charge in [0.1, 0.15) is 0 Å². The van der Waals surface area contributed by atoms with Gasteiger partial charge in [0.25, 0.3) is 10.9 Å². The summed E-state index contributed by atoms with van der Waals surface area (Å²) in [5.74, 6) is -1.06. The van der Waals surface area contributed by atoms with Gasteiger partial charge in [-0.05, 0) is 37.5 Å². The first-order valence-electron chi connectivity index (χ1n) is 7.64. The van der Waals surface area contributed by atoms with Crippen LogP contribution in [0.4, 0.5) is 5.69 Å². The Morgan fingerprint density at radius 2 is 1.85 bits per heavy atom. The predicted octanol–water partition coefficient (Wildman–Crippen LogP) is 1.57. The number of anilines is 1. The van der Waals surface area contributed by atoms with Gasteiger partial charge < -0.3 is 5.11 Å². The number of aromatic carboxylic acids is 1. The number of sulfonamides is 1. The molecule has 0 saturated heterocycles. The van der Waals surface area contributed by atoms with E-state index in [0.29, 0.717) is 11.1 Å². The Hall–Kier alpha value is -3.01. The minimum atomic E-state index is -4.18. The van der Waals surface area contributed by atoms with E-state index in [1.165, 1.54) is 11.6 Å². The summed E-state index contributed by atoms with van der Waals surface area (Å²) in [4.78, 5) is 19.7. The molecule has 0 bridgehead atoms. The molecule has 3 aromatic rings. The zero-order chi connectivity index (χ0) is 19.2. The summed E-state index contributed by atoms with van der Waals surface area (Å²) >= 11 is 0.